The standard InChI is InChI=1S/C12H19ClN4O2S/c1-9-14-10(8-12(13)15-9)11-6-4-5-7-17(11)20(18,19)16(2)3/h8,11H,4-7H2,1-3H3. The quantitative estimate of drug-likeness (QED) is 0.797. The molecule has 0 spiro atoms. The zero-order valence-corrected chi connectivity index (χ0v) is 13.4. The molecule has 1 saturated heterocycles. The molecular weight excluding hydrogens is 300 g/mol. The number of hydrogen-bond donors (Lipinski definition) is 0. The lowest BCUT2D eigenvalue weighted by Crippen LogP contribution is -2.44. The molecule has 2 heterocycles. The fraction of sp³-hybridized carbons (Fsp3) is 0.667. The maximum absolute atomic E-state index is 12.4. The fourth-order valence-corrected chi connectivity index (χ4v) is 3.96. The first-order valence-corrected chi connectivity index (χ1v) is 8.30. The molecular formula is C12H19ClN4O2S. The van der Waals surface area contributed by atoms with Gasteiger partial charge in [-0.2, -0.15) is 17.0 Å². The van der Waals surface area contributed by atoms with Gasteiger partial charge in [-0.1, -0.05) is 18.0 Å². The van der Waals surface area contributed by atoms with Gasteiger partial charge in [-0.15, -0.1) is 0 Å². The smallest absolute Gasteiger partial charge is 0.236 e. The van der Waals surface area contributed by atoms with Crippen molar-refractivity contribution in [2.24, 2.45) is 0 Å². The molecule has 1 aliphatic heterocycles. The summed E-state index contributed by atoms with van der Waals surface area (Å²) in [6.07, 6.45) is 2.59. The van der Waals surface area contributed by atoms with Crippen LogP contribution in [0, 0.1) is 6.92 Å². The summed E-state index contributed by atoms with van der Waals surface area (Å²) in [7, 11) is -0.378. The van der Waals surface area contributed by atoms with Gasteiger partial charge >= 0.3 is 0 Å². The van der Waals surface area contributed by atoms with Crippen molar-refractivity contribution in [3.63, 3.8) is 0 Å². The minimum Gasteiger partial charge on any atom is -0.236 e. The third kappa shape index (κ3) is 3.11. The van der Waals surface area contributed by atoms with Crippen LogP contribution in [-0.4, -0.2) is 47.6 Å². The van der Waals surface area contributed by atoms with Crippen LogP contribution in [0.3, 0.4) is 0 Å². The molecule has 1 unspecified atom stereocenters. The maximum atomic E-state index is 12.4. The largest absolute Gasteiger partial charge is 0.282 e. The molecule has 1 aliphatic rings. The number of piperidine rings is 1. The molecule has 0 saturated carbocycles. The van der Waals surface area contributed by atoms with Crippen LogP contribution < -0.4 is 0 Å². The highest BCUT2D eigenvalue weighted by Gasteiger charge is 2.35. The lowest BCUT2D eigenvalue weighted by molar-refractivity contribution is 0.238. The molecule has 1 fully saturated rings. The Bertz CT molecular complexity index is 571. The molecule has 0 amide bonds. The molecule has 0 radical (unpaired) electrons. The van der Waals surface area contributed by atoms with E-state index in [-0.39, 0.29) is 6.04 Å². The molecule has 1 aromatic heterocycles. The summed E-state index contributed by atoms with van der Waals surface area (Å²) in [6, 6.07) is 1.39. The van der Waals surface area contributed by atoms with Crippen molar-refractivity contribution in [3.8, 4) is 0 Å². The second kappa shape index (κ2) is 5.93. The number of halogens is 1. The molecule has 1 aromatic rings. The predicted molar refractivity (Wildman–Crippen MR) is 77.7 cm³/mol. The van der Waals surface area contributed by atoms with E-state index in [2.05, 4.69) is 9.97 Å². The first-order chi connectivity index (χ1) is 9.32. The summed E-state index contributed by atoms with van der Waals surface area (Å²) in [5.41, 5.74) is 0.674. The van der Waals surface area contributed by atoms with E-state index in [1.54, 1.807) is 27.1 Å². The Morgan fingerprint density at radius 1 is 1.35 bits per heavy atom. The Morgan fingerprint density at radius 3 is 2.65 bits per heavy atom. The minimum atomic E-state index is -3.46. The topological polar surface area (TPSA) is 66.4 Å². The van der Waals surface area contributed by atoms with Crippen molar-refractivity contribution >= 4 is 21.8 Å². The molecule has 20 heavy (non-hydrogen) atoms. The van der Waals surface area contributed by atoms with Crippen LogP contribution in [0.4, 0.5) is 0 Å². The van der Waals surface area contributed by atoms with Gasteiger partial charge in [0, 0.05) is 20.6 Å². The van der Waals surface area contributed by atoms with E-state index in [0.29, 0.717) is 23.2 Å². The third-order valence-electron chi connectivity index (χ3n) is 3.38. The molecule has 0 bridgehead atoms. The van der Waals surface area contributed by atoms with Gasteiger partial charge in [0.05, 0.1) is 11.7 Å². The molecule has 0 N–H and O–H groups in total. The Balaban J connectivity index is 2.41. The summed E-state index contributed by atoms with van der Waals surface area (Å²) in [6.45, 7) is 2.26. The average molecular weight is 319 g/mol. The first-order valence-electron chi connectivity index (χ1n) is 6.53. The van der Waals surface area contributed by atoms with E-state index < -0.39 is 10.2 Å². The Kier molecular flexibility index (Phi) is 4.63. The minimum absolute atomic E-state index is 0.268. The van der Waals surface area contributed by atoms with Crippen molar-refractivity contribution in [1.29, 1.82) is 0 Å². The van der Waals surface area contributed by atoms with Crippen molar-refractivity contribution in [2.45, 2.75) is 32.2 Å². The normalized spacial score (nSPS) is 21.4. The first kappa shape index (κ1) is 15.6. The van der Waals surface area contributed by atoms with E-state index in [0.717, 1.165) is 19.3 Å². The predicted octanol–water partition coefficient (Wildman–Crippen LogP) is 1.77. The second-order valence-electron chi connectivity index (χ2n) is 5.08. The lowest BCUT2D eigenvalue weighted by atomic mass is 10.0. The van der Waals surface area contributed by atoms with Crippen molar-refractivity contribution in [2.75, 3.05) is 20.6 Å². The van der Waals surface area contributed by atoms with Crippen LogP contribution in [-0.2, 0) is 10.2 Å². The highest BCUT2D eigenvalue weighted by molar-refractivity contribution is 7.86. The number of aromatic nitrogens is 2. The summed E-state index contributed by atoms with van der Waals surface area (Å²) < 4.78 is 27.6. The summed E-state index contributed by atoms with van der Waals surface area (Å²) in [4.78, 5) is 8.39. The van der Waals surface area contributed by atoms with Gasteiger partial charge in [0.25, 0.3) is 10.2 Å². The van der Waals surface area contributed by atoms with Gasteiger partial charge in [0.2, 0.25) is 0 Å². The molecule has 112 valence electrons. The molecule has 1 atom stereocenters. The zero-order valence-electron chi connectivity index (χ0n) is 11.9. The van der Waals surface area contributed by atoms with Crippen LogP contribution in [0.25, 0.3) is 0 Å². The molecule has 2 rings (SSSR count). The van der Waals surface area contributed by atoms with Gasteiger partial charge < -0.3 is 0 Å². The molecule has 0 aliphatic carbocycles. The fourth-order valence-electron chi connectivity index (χ4n) is 2.41. The second-order valence-corrected chi connectivity index (χ2v) is 7.56. The molecule has 0 aromatic carbocycles. The average Bonchev–Trinajstić information content (AvgIpc) is 2.37. The van der Waals surface area contributed by atoms with Crippen LogP contribution in [0.5, 0.6) is 0 Å². The van der Waals surface area contributed by atoms with Gasteiger partial charge in [0.15, 0.2) is 0 Å². The third-order valence-corrected chi connectivity index (χ3v) is 5.53. The van der Waals surface area contributed by atoms with Crippen LogP contribution in [0.2, 0.25) is 5.15 Å². The molecule has 6 nitrogen and oxygen atoms in total. The van der Waals surface area contributed by atoms with Gasteiger partial charge in [-0.05, 0) is 25.8 Å². The maximum Gasteiger partial charge on any atom is 0.282 e. The van der Waals surface area contributed by atoms with Crippen LogP contribution in [0.15, 0.2) is 6.07 Å². The van der Waals surface area contributed by atoms with E-state index in [1.165, 1.54) is 8.61 Å². The number of rotatable bonds is 3. The Hall–Kier alpha value is -0.760. The summed E-state index contributed by atoms with van der Waals surface area (Å²) >= 11 is 5.96. The summed E-state index contributed by atoms with van der Waals surface area (Å²) in [5, 5.41) is 0.347. The SMILES string of the molecule is Cc1nc(Cl)cc(C2CCCCN2S(=O)(=O)N(C)C)n1. The Morgan fingerprint density at radius 2 is 2.05 bits per heavy atom. The zero-order chi connectivity index (χ0) is 14.9. The Labute approximate surface area is 125 Å². The number of aryl methyl sites for hydroxylation is 1. The highest BCUT2D eigenvalue weighted by atomic mass is 35.5. The van der Waals surface area contributed by atoms with E-state index >= 15 is 0 Å². The van der Waals surface area contributed by atoms with Crippen LogP contribution in [0.1, 0.15) is 36.8 Å². The van der Waals surface area contributed by atoms with E-state index in [9.17, 15) is 8.42 Å². The van der Waals surface area contributed by atoms with E-state index in [4.69, 9.17) is 11.6 Å². The van der Waals surface area contributed by atoms with Gasteiger partial charge in [-0.3, -0.25) is 0 Å². The van der Waals surface area contributed by atoms with Crippen molar-refractivity contribution in [3.05, 3.63) is 22.7 Å². The number of nitrogens with zero attached hydrogens (tertiary/aromatic N) is 4. The van der Waals surface area contributed by atoms with Gasteiger partial charge in [-0.25, -0.2) is 9.97 Å². The number of hydrogen-bond acceptors (Lipinski definition) is 4. The van der Waals surface area contributed by atoms with Gasteiger partial charge in [0.1, 0.15) is 11.0 Å². The van der Waals surface area contributed by atoms with E-state index in [1.807, 2.05) is 0 Å². The van der Waals surface area contributed by atoms with Crippen molar-refractivity contribution < 1.29 is 8.42 Å². The summed E-state index contributed by atoms with van der Waals surface area (Å²) in [5.74, 6) is 0.556. The molecule has 8 heteroatoms. The lowest BCUT2D eigenvalue weighted by Gasteiger charge is -2.35. The van der Waals surface area contributed by atoms with Crippen molar-refractivity contribution in [1.82, 2.24) is 18.6 Å². The highest BCUT2D eigenvalue weighted by Crippen LogP contribution is 2.33. The monoisotopic (exact) mass is 318 g/mol. The van der Waals surface area contributed by atoms with Crippen LogP contribution >= 0.6 is 11.6 Å².